The first-order valence-corrected chi connectivity index (χ1v) is 6.51. The maximum absolute atomic E-state index is 13.2. The molecule has 0 radical (unpaired) electrons. The Hall–Kier alpha value is -0.410. The van der Waals surface area contributed by atoms with Crippen LogP contribution in [0.1, 0.15) is 18.9 Å². The molecule has 0 saturated heterocycles. The molecule has 0 aromatic heterocycles. The van der Waals surface area contributed by atoms with Gasteiger partial charge < -0.3 is 5.32 Å². The highest BCUT2D eigenvalue weighted by Crippen LogP contribution is 2.41. The van der Waals surface area contributed by atoms with Gasteiger partial charge in [-0.05, 0) is 55.5 Å². The van der Waals surface area contributed by atoms with Crippen LogP contribution in [0.4, 0.5) is 4.39 Å². The molecule has 1 aromatic carbocycles. The Balaban J connectivity index is 2.06. The van der Waals surface area contributed by atoms with Crippen molar-refractivity contribution in [1.29, 1.82) is 0 Å². The van der Waals surface area contributed by atoms with Gasteiger partial charge in [0, 0.05) is 10.5 Å². The molecule has 3 atom stereocenters. The van der Waals surface area contributed by atoms with Crippen LogP contribution in [0.25, 0.3) is 0 Å². The molecular weight excluding hydrogens is 269 g/mol. The van der Waals surface area contributed by atoms with Crippen molar-refractivity contribution in [2.45, 2.75) is 25.8 Å². The second-order valence-electron chi connectivity index (χ2n) is 4.75. The second kappa shape index (κ2) is 4.84. The van der Waals surface area contributed by atoms with Gasteiger partial charge in [-0.15, -0.1) is 0 Å². The van der Waals surface area contributed by atoms with E-state index in [0.717, 1.165) is 28.3 Å². The first-order valence-electron chi connectivity index (χ1n) is 5.72. The zero-order chi connectivity index (χ0) is 11.7. The van der Waals surface area contributed by atoms with Gasteiger partial charge in [0.2, 0.25) is 0 Å². The molecule has 1 aliphatic rings. The van der Waals surface area contributed by atoms with Crippen molar-refractivity contribution in [3.63, 3.8) is 0 Å². The second-order valence-corrected chi connectivity index (χ2v) is 5.67. The lowest BCUT2D eigenvalue weighted by Gasteiger charge is -2.16. The van der Waals surface area contributed by atoms with E-state index in [1.807, 2.05) is 13.1 Å². The molecule has 3 heteroatoms. The van der Waals surface area contributed by atoms with E-state index in [1.165, 1.54) is 12.5 Å². The van der Waals surface area contributed by atoms with Crippen LogP contribution in [0.15, 0.2) is 22.7 Å². The molecule has 88 valence electrons. The van der Waals surface area contributed by atoms with Gasteiger partial charge in [0.25, 0.3) is 0 Å². The van der Waals surface area contributed by atoms with E-state index in [9.17, 15) is 4.39 Å². The highest BCUT2D eigenvalue weighted by molar-refractivity contribution is 9.10. The van der Waals surface area contributed by atoms with Crippen molar-refractivity contribution >= 4 is 15.9 Å². The van der Waals surface area contributed by atoms with Crippen molar-refractivity contribution in [3.8, 4) is 0 Å². The van der Waals surface area contributed by atoms with Crippen LogP contribution in [0.3, 0.4) is 0 Å². The average Bonchev–Trinajstić information content (AvgIpc) is 2.90. The van der Waals surface area contributed by atoms with E-state index >= 15 is 0 Å². The van der Waals surface area contributed by atoms with Gasteiger partial charge in [-0.3, -0.25) is 0 Å². The number of hydrogen-bond donors (Lipinski definition) is 1. The number of nitrogens with one attached hydrogen (secondary N) is 1. The molecule has 0 amide bonds. The Bertz CT molecular complexity index is 360. The lowest BCUT2D eigenvalue weighted by molar-refractivity contribution is 0.478. The predicted octanol–water partition coefficient (Wildman–Crippen LogP) is 3.37. The van der Waals surface area contributed by atoms with Crippen molar-refractivity contribution in [2.24, 2.45) is 11.8 Å². The Kier molecular flexibility index (Phi) is 3.65. The minimum Gasteiger partial charge on any atom is -0.316 e. The smallest absolute Gasteiger partial charge is 0.124 e. The van der Waals surface area contributed by atoms with Crippen molar-refractivity contribution in [1.82, 2.24) is 5.32 Å². The summed E-state index contributed by atoms with van der Waals surface area (Å²) in [7, 11) is 1.99. The summed E-state index contributed by atoms with van der Waals surface area (Å²) in [5.41, 5.74) is 1.06. The maximum Gasteiger partial charge on any atom is 0.124 e. The van der Waals surface area contributed by atoms with Gasteiger partial charge in [0.15, 0.2) is 0 Å². The normalized spacial score (nSPS) is 25.5. The third-order valence-corrected chi connectivity index (χ3v) is 3.90. The van der Waals surface area contributed by atoms with Gasteiger partial charge in [0.1, 0.15) is 5.82 Å². The first-order chi connectivity index (χ1) is 7.60. The summed E-state index contributed by atoms with van der Waals surface area (Å²) in [5.74, 6) is 1.41. The molecule has 1 N–H and O–H groups in total. The summed E-state index contributed by atoms with van der Waals surface area (Å²) >= 11 is 3.33. The van der Waals surface area contributed by atoms with E-state index in [2.05, 4.69) is 28.2 Å². The van der Waals surface area contributed by atoms with Crippen LogP contribution < -0.4 is 5.32 Å². The quantitative estimate of drug-likeness (QED) is 0.894. The summed E-state index contributed by atoms with van der Waals surface area (Å²) in [6.07, 6.45) is 2.20. The Morgan fingerprint density at radius 2 is 2.19 bits per heavy atom. The maximum atomic E-state index is 13.2. The highest BCUT2D eigenvalue weighted by atomic mass is 79.9. The minimum atomic E-state index is -0.164. The monoisotopic (exact) mass is 285 g/mol. The molecule has 0 spiro atoms. The van der Waals surface area contributed by atoms with Gasteiger partial charge in [0.05, 0.1) is 0 Å². The van der Waals surface area contributed by atoms with Gasteiger partial charge in [-0.25, -0.2) is 4.39 Å². The molecule has 3 unspecified atom stereocenters. The van der Waals surface area contributed by atoms with E-state index in [0.29, 0.717) is 6.04 Å². The Morgan fingerprint density at radius 1 is 1.50 bits per heavy atom. The van der Waals surface area contributed by atoms with Gasteiger partial charge in [-0.1, -0.05) is 22.9 Å². The van der Waals surface area contributed by atoms with E-state index < -0.39 is 0 Å². The molecule has 2 rings (SSSR count). The van der Waals surface area contributed by atoms with Crippen LogP contribution in [0.5, 0.6) is 0 Å². The zero-order valence-corrected chi connectivity index (χ0v) is 11.2. The standard InChI is InChI=1S/C13H17BrFN/c1-8-3-12(8)13(16-2)6-9-4-10(14)7-11(15)5-9/h4-5,7-8,12-13,16H,3,6H2,1-2H3. The minimum absolute atomic E-state index is 0.164. The predicted molar refractivity (Wildman–Crippen MR) is 67.9 cm³/mol. The summed E-state index contributed by atoms with van der Waals surface area (Å²) in [6.45, 7) is 2.27. The van der Waals surface area contributed by atoms with Crippen LogP contribution in [-0.4, -0.2) is 13.1 Å². The summed E-state index contributed by atoms with van der Waals surface area (Å²) in [6, 6.07) is 5.60. The molecule has 0 heterocycles. The van der Waals surface area contributed by atoms with Crippen molar-refractivity contribution < 1.29 is 4.39 Å². The van der Waals surface area contributed by atoms with Gasteiger partial charge in [-0.2, -0.15) is 0 Å². The summed E-state index contributed by atoms with van der Waals surface area (Å²) < 4.78 is 14.0. The van der Waals surface area contributed by atoms with E-state index in [-0.39, 0.29) is 5.82 Å². The summed E-state index contributed by atoms with van der Waals surface area (Å²) in [4.78, 5) is 0. The fraction of sp³-hybridized carbons (Fsp3) is 0.538. The summed E-state index contributed by atoms with van der Waals surface area (Å²) in [5, 5.41) is 3.34. The van der Waals surface area contributed by atoms with Crippen LogP contribution >= 0.6 is 15.9 Å². The van der Waals surface area contributed by atoms with E-state index in [4.69, 9.17) is 0 Å². The Morgan fingerprint density at radius 3 is 2.69 bits per heavy atom. The fourth-order valence-electron chi connectivity index (χ4n) is 2.36. The van der Waals surface area contributed by atoms with Crippen LogP contribution in [-0.2, 0) is 6.42 Å². The molecule has 1 fully saturated rings. The molecule has 0 aliphatic heterocycles. The number of benzene rings is 1. The van der Waals surface area contributed by atoms with Gasteiger partial charge >= 0.3 is 0 Å². The molecule has 1 saturated carbocycles. The third-order valence-electron chi connectivity index (χ3n) is 3.44. The molecule has 1 nitrogen and oxygen atoms in total. The lowest BCUT2D eigenvalue weighted by atomic mass is 10.0. The average molecular weight is 286 g/mol. The third kappa shape index (κ3) is 2.83. The molecule has 0 bridgehead atoms. The largest absolute Gasteiger partial charge is 0.316 e. The number of likely N-dealkylation sites (N-methyl/N-ethyl adjacent to an activating group) is 1. The fourth-order valence-corrected chi connectivity index (χ4v) is 2.87. The molecular formula is C13H17BrFN. The Labute approximate surface area is 105 Å². The van der Waals surface area contributed by atoms with Crippen molar-refractivity contribution in [3.05, 3.63) is 34.1 Å². The topological polar surface area (TPSA) is 12.0 Å². The molecule has 16 heavy (non-hydrogen) atoms. The number of hydrogen-bond acceptors (Lipinski definition) is 1. The van der Waals surface area contributed by atoms with Crippen LogP contribution in [0, 0.1) is 17.7 Å². The number of halogens is 2. The highest BCUT2D eigenvalue weighted by Gasteiger charge is 2.38. The molecule has 1 aromatic rings. The zero-order valence-electron chi connectivity index (χ0n) is 9.63. The van der Waals surface area contributed by atoms with Crippen LogP contribution in [0.2, 0.25) is 0 Å². The number of rotatable bonds is 4. The first kappa shape index (κ1) is 12.1. The lowest BCUT2D eigenvalue weighted by Crippen LogP contribution is -2.30. The molecule has 1 aliphatic carbocycles. The van der Waals surface area contributed by atoms with Crippen molar-refractivity contribution in [2.75, 3.05) is 7.05 Å². The SMILES string of the molecule is CNC(Cc1cc(F)cc(Br)c1)C1CC1C. The van der Waals surface area contributed by atoms with E-state index in [1.54, 1.807) is 6.07 Å².